The minimum Gasteiger partial charge on any atom is -0.508 e. The fraction of sp³-hybridized carbons (Fsp3) is 0.349. The van der Waals surface area contributed by atoms with E-state index in [9.17, 15) is 54.3 Å². The van der Waals surface area contributed by atoms with Gasteiger partial charge in [0, 0.05) is 64.5 Å². The van der Waals surface area contributed by atoms with Crippen LogP contribution in [0.2, 0.25) is 0 Å². The van der Waals surface area contributed by atoms with Crippen LogP contribution in [0.25, 0.3) is 44.5 Å². The molecule has 0 radical (unpaired) electrons. The van der Waals surface area contributed by atoms with Gasteiger partial charge in [-0.1, -0.05) is 134 Å². The molecule has 0 bridgehead atoms. The van der Waals surface area contributed by atoms with Gasteiger partial charge in [0.1, 0.15) is 55.1 Å². The first-order chi connectivity index (χ1) is 49.8. The number of amides is 3. The Morgan fingerprint density at radius 2 is 0.877 bits per heavy atom. The van der Waals surface area contributed by atoms with E-state index in [4.69, 9.17) is 33.0 Å². The third-order valence-corrected chi connectivity index (χ3v) is 19.3. The number of rotatable bonds is 15. The van der Waals surface area contributed by atoms with Crippen molar-refractivity contribution in [3.8, 4) is 50.3 Å². The van der Waals surface area contributed by atoms with Crippen molar-refractivity contribution in [3.05, 3.63) is 226 Å². The number of nitrogens with one attached hydrogen (secondary N) is 3. The molecule has 10 atom stereocenters. The van der Waals surface area contributed by atoms with Crippen LogP contribution in [-0.2, 0) is 47.4 Å². The van der Waals surface area contributed by atoms with Crippen LogP contribution in [0.15, 0.2) is 176 Å². The van der Waals surface area contributed by atoms with Crippen molar-refractivity contribution in [1.82, 2.24) is 16.0 Å². The molecule has 0 aliphatic carbocycles. The maximum Gasteiger partial charge on any atom is 0.494 e. The fourth-order valence-electron chi connectivity index (χ4n) is 12.4. The lowest BCUT2D eigenvalue weighted by Gasteiger charge is -2.44. The second kappa shape index (κ2) is 37.4. The number of phenolic OH excluding ortho intramolecular Hbond substituents is 1. The molecular formula is C83H97BIN3O18. The Morgan fingerprint density at radius 3 is 1.32 bits per heavy atom. The van der Waals surface area contributed by atoms with Gasteiger partial charge in [0.15, 0.2) is 6.10 Å². The summed E-state index contributed by atoms with van der Waals surface area (Å²) in [4.78, 5) is 70.3. The molecular weight excluding hydrogens is 1460 g/mol. The number of aromatic hydroxyl groups is 1. The molecule has 11 rings (SSSR count). The molecule has 21 nitrogen and oxygen atoms in total. The molecule has 23 heteroatoms. The summed E-state index contributed by atoms with van der Waals surface area (Å²) in [6.07, 6.45) is -8.96. The Labute approximate surface area is 637 Å². The van der Waals surface area contributed by atoms with Gasteiger partial charge in [0.2, 0.25) is 0 Å². The smallest absolute Gasteiger partial charge is 0.494 e. The van der Waals surface area contributed by atoms with Gasteiger partial charge in [-0.05, 0) is 187 Å². The average Bonchev–Trinajstić information content (AvgIpc) is 1.74. The highest BCUT2D eigenvalue weighted by Gasteiger charge is 2.53. The average molecular weight is 1560 g/mol. The van der Waals surface area contributed by atoms with Crippen LogP contribution in [0.4, 0.5) is 0 Å². The minimum absolute atomic E-state index is 0. The van der Waals surface area contributed by atoms with Crippen LogP contribution < -0.4 is 21.4 Å². The number of hydrogen-bond donors (Lipinski definition) is 8. The van der Waals surface area contributed by atoms with E-state index in [1.807, 2.05) is 182 Å². The largest absolute Gasteiger partial charge is 0.508 e. The number of benzene rings is 8. The van der Waals surface area contributed by atoms with Crippen molar-refractivity contribution in [2.75, 3.05) is 34.4 Å². The van der Waals surface area contributed by atoms with E-state index in [0.717, 1.165) is 66.7 Å². The van der Waals surface area contributed by atoms with Gasteiger partial charge in [-0.3, -0.25) is 28.8 Å². The fourth-order valence-corrected chi connectivity index (χ4v) is 12.4. The van der Waals surface area contributed by atoms with Crippen LogP contribution in [0.1, 0.15) is 132 Å². The standard InChI is InChI=1S/C27H29NO6.C25H35BO9.C16H17NO.C15H15NO2.HI/c1-15-12-19(18-4-3-5-20(13-18)27(33)28-2)10-11-21(15)16-6-8-17(9-7-16)26-25(32)24(31)23(30)22(14-29)34-26;1-14-21(18-9-11-19(12-10-18)26-34-24(5,6)25(7,8)35-26)33-20(13-30-15(2)27)23(32-17(4)29)22(14)31-16(3)28;1-11-7-8-14(9-12(11)2)13-5-4-6-15(10-13)16(18)17-3;1-10-8-12(6-7-14(10)17)11-4-3-5-13(9-11)15(18)16-2;/h3-13,22-26,29-32H,14H2,1-2H3,(H,28,33);9-12,14,20-23H,13H2,1-8H3;4-10H,1-3H3,(H,17,18);3-9,17H,1-2H3,(H,16,18);1H/t22-,23-,24+,25+,26-;14-,20-,21+,22-,23-;;;/m11.../s1. The van der Waals surface area contributed by atoms with E-state index < -0.39 is 97.8 Å². The number of aliphatic hydroxyl groups excluding tert-OH is 4. The zero-order valence-electron chi connectivity index (χ0n) is 62.5. The molecule has 562 valence electrons. The first-order valence-corrected chi connectivity index (χ1v) is 34.7. The molecule has 0 aromatic heterocycles. The third-order valence-electron chi connectivity index (χ3n) is 19.3. The van der Waals surface area contributed by atoms with Gasteiger partial charge < -0.3 is 74.5 Å². The number of aryl methyl sites for hydroxylation is 4. The molecule has 3 aliphatic heterocycles. The Kier molecular flexibility index (Phi) is 29.7. The zero-order valence-corrected chi connectivity index (χ0v) is 64.8. The molecule has 0 spiro atoms. The monoisotopic (exact) mass is 1560 g/mol. The van der Waals surface area contributed by atoms with Gasteiger partial charge in [-0.15, -0.1) is 24.0 Å². The highest BCUT2D eigenvalue weighted by Crippen LogP contribution is 2.42. The predicted octanol–water partition coefficient (Wildman–Crippen LogP) is 11.4. The van der Waals surface area contributed by atoms with E-state index in [1.165, 1.54) is 31.9 Å². The van der Waals surface area contributed by atoms with E-state index in [2.05, 4.69) is 54.1 Å². The lowest BCUT2D eigenvalue weighted by Crippen LogP contribution is -2.55. The second-order valence-electron chi connectivity index (χ2n) is 27.3. The summed E-state index contributed by atoms with van der Waals surface area (Å²) in [5, 5.41) is 57.2. The van der Waals surface area contributed by atoms with Gasteiger partial charge in [0.05, 0.1) is 23.9 Å². The summed E-state index contributed by atoms with van der Waals surface area (Å²) in [6, 6.07) is 55.5. The highest BCUT2D eigenvalue weighted by molar-refractivity contribution is 14.0. The first kappa shape index (κ1) is 84.1. The molecule has 3 saturated heterocycles. The third kappa shape index (κ3) is 20.9. The molecule has 3 aliphatic rings. The summed E-state index contributed by atoms with van der Waals surface area (Å²) in [5.74, 6) is -1.94. The van der Waals surface area contributed by atoms with Gasteiger partial charge in [-0.25, -0.2) is 0 Å². The molecule has 106 heavy (non-hydrogen) atoms. The van der Waals surface area contributed by atoms with E-state index in [1.54, 1.807) is 39.3 Å². The van der Waals surface area contributed by atoms with E-state index in [0.29, 0.717) is 22.3 Å². The summed E-state index contributed by atoms with van der Waals surface area (Å²) >= 11 is 0. The maximum atomic E-state index is 12.0. The molecule has 3 amide bonds. The minimum atomic E-state index is -1.41. The molecule has 8 N–H and O–H groups in total. The second-order valence-corrected chi connectivity index (χ2v) is 27.3. The van der Waals surface area contributed by atoms with Gasteiger partial charge >= 0.3 is 25.0 Å². The van der Waals surface area contributed by atoms with E-state index >= 15 is 0 Å². The quantitative estimate of drug-likeness (QED) is 0.0205. The number of esters is 3. The van der Waals surface area contributed by atoms with Gasteiger partial charge in [0.25, 0.3) is 17.7 Å². The maximum absolute atomic E-state index is 12.0. The Morgan fingerprint density at radius 1 is 0.462 bits per heavy atom. The summed E-state index contributed by atoms with van der Waals surface area (Å²) in [5.41, 5.74) is 15.9. The summed E-state index contributed by atoms with van der Waals surface area (Å²) in [6.45, 7) is 21.1. The number of carbonyl (C=O) groups is 6. The van der Waals surface area contributed by atoms with Crippen molar-refractivity contribution in [3.63, 3.8) is 0 Å². The number of phenols is 1. The van der Waals surface area contributed by atoms with Crippen LogP contribution in [0, 0.1) is 33.6 Å². The van der Waals surface area contributed by atoms with Crippen molar-refractivity contribution >= 4 is 72.2 Å². The molecule has 8 aromatic rings. The van der Waals surface area contributed by atoms with Crippen molar-refractivity contribution in [1.29, 1.82) is 0 Å². The topological polar surface area (TPSA) is 304 Å². The zero-order chi connectivity index (χ0) is 76.8. The highest BCUT2D eigenvalue weighted by atomic mass is 127. The normalized spacial score (nSPS) is 21.0. The molecule has 0 unspecified atom stereocenters. The number of aliphatic hydroxyl groups is 4. The SMILES string of the molecule is CC(=O)OC[C@H]1O[C@H](c2ccc(B3OC(C)(C)C(C)(C)O3)cc2)[C@@H](C)[C@@H](OC(C)=O)[C@@H]1OC(C)=O.CNC(=O)c1cccc(-c2ccc(-c3ccc([C@H]4O[C@H](CO)[C@@H](O)[C@H](O)[C@@H]4O)cc3)c(C)c2)c1.CNC(=O)c1cccc(-c2ccc(C)c(C)c2)c1.CNC(=O)c1cccc(-c2ccc(O)c(C)c2)c1.I. The first-order valence-electron chi connectivity index (χ1n) is 34.7. The van der Waals surface area contributed by atoms with Crippen molar-refractivity contribution < 1.29 is 87.3 Å². The Hall–Kier alpha value is -9.15. The lowest BCUT2D eigenvalue weighted by molar-refractivity contribution is -0.232. The number of halogens is 1. The van der Waals surface area contributed by atoms with Crippen molar-refractivity contribution in [2.45, 2.75) is 149 Å². The Balaban J connectivity index is 0.000000205. The lowest BCUT2D eigenvalue weighted by atomic mass is 9.77. The molecule has 8 aromatic carbocycles. The van der Waals surface area contributed by atoms with Crippen molar-refractivity contribution in [2.24, 2.45) is 5.92 Å². The number of carbonyl (C=O) groups excluding carboxylic acids is 6. The summed E-state index contributed by atoms with van der Waals surface area (Å²) in [7, 11) is 4.36. The van der Waals surface area contributed by atoms with Crippen LogP contribution in [-0.4, -0.2) is 157 Å². The molecule has 0 saturated carbocycles. The molecule has 3 heterocycles. The molecule has 3 fully saturated rings. The van der Waals surface area contributed by atoms with Crippen LogP contribution in [0.5, 0.6) is 5.75 Å². The van der Waals surface area contributed by atoms with Gasteiger partial charge in [-0.2, -0.15) is 0 Å². The predicted molar refractivity (Wildman–Crippen MR) is 417 cm³/mol. The van der Waals surface area contributed by atoms with Crippen LogP contribution >= 0.6 is 24.0 Å². The number of hydrogen-bond acceptors (Lipinski definition) is 18. The Bertz CT molecular complexity index is 4250. The van der Waals surface area contributed by atoms with Crippen LogP contribution in [0.3, 0.4) is 0 Å². The number of ether oxygens (including phenoxy) is 5. The van der Waals surface area contributed by atoms with E-state index in [-0.39, 0.29) is 60.0 Å². The summed E-state index contributed by atoms with van der Waals surface area (Å²) < 4.78 is 40.4.